The summed E-state index contributed by atoms with van der Waals surface area (Å²) in [5.41, 5.74) is 2.93. The van der Waals surface area contributed by atoms with Gasteiger partial charge in [-0.2, -0.15) is 5.26 Å². The molecule has 1 aromatic heterocycles. The Morgan fingerprint density at radius 2 is 1.91 bits per heavy atom. The lowest BCUT2D eigenvalue weighted by Crippen LogP contribution is -2.58. The Bertz CT molecular complexity index is 1070. The monoisotopic (exact) mass is 463 g/mol. The molecule has 0 radical (unpaired) electrons. The Hall–Kier alpha value is -2.73. The maximum atomic E-state index is 9.27. The molecule has 7 nitrogen and oxygen atoms in total. The highest BCUT2D eigenvalue weighted by molar-refractivity contribution is 7.80. The molecule has 1 N–H and O–H groups in total. The minimum absolute atomic E-state index is 0.217. The average Bonchev–Trinajstić information content (AvgIpc) is 3.09. The minimum Gasteiger partial charge on any atom is -0.490 e. The zero-order chi connectivity index (χ0) is 23.0. The summed E-state index contributed by atoms with van der Waals surface area (Å²) in [5, 5.41) is 13.3. The van der Waals surface area contributed by atoms with Crippen LogP contribution in [0.5, 0.6) is 5.75 Å². The molecule has 1 atom stereocenters. The van der Waals surface area contributed by atoms with Gasteiger partial charge in [0, 0.05) is 12.8 Å². The van der Waals surface area contributed by atoms with Gasteiger partial charge in [0.15, 0.2) is 11.3 Å². The fourth-order valence-electron chi connectivity index (χ4n) is 5.29. The maximum absolute atomic E-state index is 9.27. The largest absolute Gasteiger partial charge is 0.490 e. The first kappa shape index (κ1) is 22.1. The third-order valence-electron chi connectivity index (χ3n) is 7.11. The second-order valence-electron chi connectivity index (χ2n) is 9.07. The number of pyridine rings is 1. The molecule has 172 valence electrons. The first-order chi connectivity index (χ1) is 16.1. The van der Waals surface area contributed by atoms with Crippen molar-refractivity contribution in [3.8, 4) is 11.8 Å². The van der Waals surface area contributed by atoms with Crippen molar-refractivity contribution in [2.75, 3.05) is 30.0 Å². The number of hydrogen-bond acceptors (Lipinski definition) is 6. The highest BCUT2D eigenvalue weighted by Gasteiger charge is 2.60. The number of piperidine rings is 1. The Labute approximate surface area is 200 Å². The second kappa shape index (κ2) is 8.90. The van der Waals surface area contributed by atoms with Crippen LogP contribution in [0.2, 0.25) is 0 Å². The van der Waals surface area contributed by atoms with E-state index in [0.29, 0.717) is 10.8 Å². The zero-order valence-corrected chi connectivity index (χ0v) is 19.9. The number of anilines is 2. The van der Waals surface area contributed by atoms with Crippen LogP contribution in [0.3, 0.4) is 0 Å². The van der Waals surface area contributed by atoms with Crippen LogP contribution in [0, 0.1) is 18.3 Å². The van der Waals surface area contributed by atoms with Crippen molar-refractivity contribution in [3.05, 3.63) is 47.8 Å². The van der Waals surface area contributed by atoms with Crippen molar-refractivity contribution in [1.29, 1.82) is 5.26 Å². The number of thiocarbonyl (C=S) groups is 1. The van der Waals surface area contributed by atoms with Gasteiger partial charge in [-0.15, -0.1) is 0 Å². The molecule has 1 aromatic carbocycles. The SMILES string of the molecule is COC1N(c2cnc(C#N)c(C)c2)C(=S)N(c2ccc(OC3CCNCC3)cc2)C12CCC2. The van der Waals surface area contributed by atoms with Crippen molar-refractivity contribution in [3.63, 3.8) is 0 Å². The molecule has 1 unspecified atom stereocenters. The second-order valence-corrected chi connectivity index (χ2v) is 9.43. The molecule has 3 heterocycles. The van der Waals surface area contributed by atoms with Crippen molar-refractivity contribution >= 4 is 28.7 Å². The van der Waals surface area contributed by atoms with Crippen molar-refractivity contribution in [2.45, 2.75) is 56.9 Å². The molecule has 1 saturated carbocycles. The predicted octanol–water partition coefficient (Wildman–Crippen LogP) is 3.90. The van der Waals surface area contributed by atoms with Crippen LogP contribution in [-0.4, -0.2) is 48.2 Å². The summed E-state index contributed by atoms with van der Waals surface area (Å²) in [5.74, 6) is 0.894. The molecule has 2 saturated heterocycles. The van der Waals surface area contributed by atoms with Crippen molar-refractivity contribution in [1.82, 2.24) is 10.3 Å². The van der Waals surface area contributed by atoms with E-state index in [1.54, 1.807) is 13.3 Å². The number of rotatable bonds is 5. The van der Waals surface area contributed by atoms with E-state index in [9.17, 15) is 5.26 Å². The quantitative estimate of drug-likeness (QED) is 0.670. The number of hydrogen-bond donors (Lipinski definition) is 1. The average molecular weight is 464 g/mol. The highest BCUT2D eigenvalue weighted by atomic mass is 32.1. The lowest BCUT2D eigenvalue weighted by Gasteiger charge is -2.47. The van der Waals surface area contributed by atoms with Gasteiger partial charge in [0.1, 0.15) is 23.6 Å². The van der Waals surface area contributed by atoms with Gasteiger partial charge in [0.2, 0.25) is 0 Å². The number of nitriles is 1. The molecule has 2 aromatic rings. The standard InChI is InChI=1S/C25H29N5O2S/c1-17-14-19(16-28-22(17)15-26)29-23(31-2)25(10-3-11-25)30(24(29)33)18-4-6-20(7-5-18)32-21-8-12-27-13-9-21/h4-7,14,16,21,23,27H,3,8-13H2,1-2H3. The van der Waals surface area contributed by atoms with Gasteiger partial charge in [-0.05, 0) is 100 Å². The maximum Gasteiger partial charge on any atom is 0.183 e. The molecule has 3 fully saturated rings. The number of methoxy groups -OCH3 is 1. The van der Waals surface area contributed by atoms with E-state index in [0.717, 1.165) is 67.9 Å². The third kappa shape index (κ3) is 3.74. The van der Waals surface area contributed by atoms with Gasteiger partial charge in [0.05, 0.1) is 17.4 Å². The fraction of sp³-hybridized carbons (Fsp3) is 0.480. The van der Waals surface area contributed by atoms with E-state index in [-0.39, 0.29) is 17.9 Å². The Morgan fingerprint density at radius 3 is 2.48 bits per heavy atom. The van der Waals surface area contributed by atoms with Gasteiger partial charge in [-0.25, -0.2) is 4.98 Å². The summed E-state index contributed by atoms with van der Waals surface area (Å²) >= 11 is 6.03. The summed E-state index contributed by atoms with van der Waals surface area (Å²) in [7, 11) is 1.74. The number of benzene rings is 1. The summed E-state index contributed by atoms with van der Waals surface area (Å²) in [6, 6.07) is 12.4. The summed E-state index contributed by atoms with van der Waals surface area (Å²) in [6.45, 7) is 3.91. The zero-order valence-electron chi connectivity index (χ0n) is 19.1. The molecule has 0 bridgehead atoms. The normalized spacial score (nSPS) is 22.3. The molecular weight excluding hydrogens is 434 g/mol. The Balaban J connectivity index is 1.45. The van der Waals surface area contributed by atoms with E-state index >= 15 is 0 Å². The van der Waals surface area contributed by atoms with Crippen molar-refractivity contribution in [2.24, 2.45) is 0 Å². The molecule has 1 aliphatic carbocycles. The molecule has 8 heteroatoms. The van der Waals surface area contributed by atoms with Gasteiger partial charge >= 0.3 is 0 Å². The summed E-state index contributed by atoms with van der Waals surface area (Å²) in [4.78, 5) is 8.65. The number of nitrogens with zero attached hydrogens (tertiary/aromatic N) is 4. The van der Waals surface area contributed by atoms with Crippen LogP contribution in [-0.2, 0) is 4.74 Å². The van der Waals surface area contributed by atoms with E-state index in [2.05, 4.69) is 38.3 Å². The summed E-state index contributed by atoms with van der Waals surface area (Å²) < 4.78 is 12.3. The van der Waals surface area contributed by atoms with E-state index in [1.807, 2.05) is 25.1 Å². The van der Waals surface area contributed by atoms with Crippen LogP contribution in [0.1, 0.15) is 43.4 Å². The van der Waals surface area contributed by atoms with Crippen molar-refractivity contribution < 1.29 is 9.47 Å². The molecule has 2 aliphatic heterocycles. The van der Waals surface area contributed by atoms with E-state index < -0.39 is 0 Å². The molecule has 1 spiro atoms. The molecule has 3 aliphatic rings. The number of nitrogens with one attached hydrogen (secondary N) is 1. The van der Waals surface area contributed by atoms with E-state index in [1.165, 1.54) is 0 Å². The topological polar surface area (TPSA) is 73.7 Å². The molecule has 5 rings (SSSR count). The molecule has 33 heavy (non-hydrogen) atoms. The smallest absolute Gasteiger partial charge is 0.183 e. The van der Waals surface area contributed by atoms with Gasteiger partial charge < -0.3 is 19.7 Å². The lowest BCUT2D eigenvalue weighted by atomic mass is 9.74. The van der Waals surface area contributed by atoms with Crippen LogP contribution >= 0.6 is 12.2 Å². The third-order valence-corrected chi connectivity index (χ3v) is 7.49. The lowest BCUT2D eigenvalue weighted by molar-refractivity contribution is 0.0196. The van der Waals surface area contributed by atoms with Crippen LogP contribution < -0.4 is 19.9 Å². The number of aryl methyl sites for hydroxylation is 1. The van der Waals surface area contributed by atoms with Crippen LogP contribution in [0.15, 0.2) is 36.5 Å². The minimum atomic E-state index is -0.224. The van der Waals surface area contributed by atoms with Crippen LogP contribution in [0.25, 0.3) is 0 Å². The Morgan fingerprint density at radius 1 is 1.18 bits per heavy atom. The van der Waals surface area contributed by atoms with Gasteiger partial charge in [-0.1, -0.05) is 0 Å². The fourth-order valence-corrected chi connectivity index (χ4v) is 5.77. The number of aromatic nitrogens is 1. The van der Waals surface area contributed by atoms with Crippen LogP contribution in [0.4, 0.5) is 11.4 Å². The van der Waals surface area contributed by atoms with Gasteiger partial charge in [0.25, 0.3) is 0 Å². The number of ether oxygens (including phenoxy) is 2. The van der Waals surface area contributed by atoms with Gasteiger partial charge in [-0.3, -0.25) is 4.90 Å². The first-order valence-corrected chi connectivity index (χ1v) is 12.0. The summed E-state index contributed by atoms with van der Waals surface area (Å²) in [6.07, 6.45) is 6.95. The predicted molar refractivity (Wildman–Crippen MR) is 132 cm³/mol. The highest BCUT2D eigenvalue weighted by Crippen LogP contribution is 2.51. The Kier molecular flexibility index (Phi) is 5.95. The van der Waals surface area contributed by atoms with E-state index in [4.69, 9.17) is 21.7 Å². The first-order valence-electron chi connectivity index (χ1n) is 11.6. The molecule has 0 amide bonds. The molecular formula is C25H29N5O2S.